The van der Waals surface area contributed by atoms with Crippen LogP contribution in [-0.4, -0.2) is 38.4 Å². The van der Waals surface area contributed by atoms with E-state index in [-0.39, 0.29) is 12.6 Å². The Hall–Kier alpha value is -1.12. The monoisotopic (exact) mass is 308 g/mol. The molecule has 0 unspecified atom stereocenters. The van der Waals surface area contributed by atoms with E-state index < -0.39 is 26.7 Å². The maximum atomic E-state index is 12.9. The van der Waals surface area contributed by atoms with Crippen LogP contribution in [0.15, 0.2) is 29.2 Å². The van der Waals surface area contributed by atoms with Gasteiger partial charge in [0.1, 0.15) is 0 Å². The van der Waals surface area contributed by atoms with Crippen molar-refractivity contribution >= 4 is 10.0 Å². The van der Waals surface area contributed by atoms with Gasteiger partial charge in [0.05, 0.1) is 10.5 Å². The Labute approximate surface area is 115 Å². The van der Waals surface area contributed by atoms with Crippen LogP contribution in [0.4, 0.5) is 13.2 Å². The molecule has 0 amide bonds. The molecular formula is C12H15F3N2O2S. The first-order valence-electron chi connectivity index (χ1n) is 6.17. The van der Waals surface area contributed by atoms with Crippen LogP contribution in [0.25, 0.3) is 0 Å². The van der Waals surface area contributed by atoms with Gasteiger partial charge < -0.3 is 5.32 Å². The van der Waals surface area contributed by atoms with E-state index in [0.29, 0.717) is 13.1 Å². The minimum Gasteiger partial charge on any atom is -0.313 e. The summed E-state index contributed by atoms with van der Waals surface area (Å²) in [5.74, 6) is 0. The van der Waals surface area contributed by atoms with Gasteiger partial charge in [0.25, 0.3) is 0 Å². The second-order valence-corrected chi connectivity index (χ2v) is 6.37. The highest BCUT2D eigenvalue weighted by molar-refractivity contribution is 7.89. The second-order valence-electron chi connectivity index (χ2n) is 4.51. The highest BCUT2D eigenvalue weighted by atomic mass is 32.2. The zero-order chi connectivity index (χ0) is 15.0. The summed E-state index contributed by atoms with van der Waals surface area (Å²) in [6, 6.07) is 4.00. The predicted octanol–water partition coefficient (Wildman–Crippen LogP) is 1.69. The van der Waals surface area contributed by atoms with E-state index >= 15 is 0 Å². The third-order valence-corrected chi connectivity index (χ3v) is 5.34. The van der Waals surface area contributed by atoms with Gasteiger partial charge in [-0.2, -0.15) is 17.5 Å². The van der Waals surface area contributed by atoms with E-state index in [1.54, 1.807) is 6.92 Å². The van der Waals surface area contributed by atoms with E-state index in [1.165, 1.54) is 12.1 Å². The lowest BCUT2D eigenvalue weighted by molar-refractivity contribution is -0.139. The highest BCUT2D eigenvalue weighted by Crippen LogP contribution is 2.35. The first-order valence-corrected chi connectivity index (χ1v) is 7.61. The van der Waals surface area contributed by atoms with Crippen LogP contribution in [-0.2, 0) is 16.2 Å². The molecular weight excluding hydrogens is 293 g/mol. The van der Waals surface area contributed by atoms with Crippen LogP contribution in [0.1, 0.15) is 12.5 Å². The summed E-state index contributed by atoms with van der Waals surface area (Å²) in [4.78, 5) is -0.679. The molecule has 0 atom stereocenters. The summed E-state index contributed by atoms with van der Waals surface area (Å²) >= 11 is 0. The SMILES string of the molecule is CCN(C1CNC1)S(=O)(=O)c1ccccc1C(F)(F)F. The molecule has 1 heterocycles. The van der Waals surface area contributed by atoms with Crippen molar-refractivity contribution in [1.29, 1.82) is 0 Å². The fraction of sp³-hybridized carbons (Fsp3) is 0.500. The van der Waals surface area contributed by atoms with Crippen molar-refractivity contribution in [1.82, 2.24) is 9.62 Å². The fourth-order valence-corrected chi connectivity index (χ4v) is 4.00. The fourth-order valence-electron chi connectivity index (χ4n) is 2.15. The van der Waals surface area contributed by atoms with Gasteiger partial charge in [-0.15, -0.1) is 0 Å². The Morgan fingerprint density at radius 1 is 1.30 bits per heavy atom. The highest BCUT2D eigenvalue weighted by Gasteiger charge is 2.41. The van der Waals surface area contributed by atoms with Gasteiger partial charge in [-0.3, -0.25) is 0 Å². The quantitative estimate of drug-likeness (QED) is 0.921. The number of alkyl halides is 3. The summed E-state index contributed by atoms with van der Waals surface area (Å²) in [5, 5.41) is 2.92. The molecule has 1 fully saturated rings. The van der Waals surface area contributed by atoms with Crippen LogP contribution >= 0.6 is 0 Å². The predicted molar refractivity (Wildman–Crippen MR) is 67.7 cm³/mol. The standard InChI is InChI=1S/C12H15F3N2O2S/c1-2-17(9-7-16-8-9)20(18,19)11-6-4-3-5-10(11)12(13,14)15/h3-6,9,16H,2,7-8H2,1H3. The lowest BCUT2D eigenvalue weighted by Gasteiger charge is -2.36. The smallest absolute Gasteiger partial charge is 0.313 e. The largest absolute Gasteiger partial charge is 0.417 e. The lowest BCUT2D eigenvalue weighted by Crippen LogP contribution is -2.58. The van der Waals surface area contributed by atoms with Crippen molar-refractivity contribution in [3.05, 3.63) is 29.8 Å². The van der Waals surface area contributed by atoms with E-state index in [2.05, 4.69) is 5.32 Å². The average molecular weight is 308 g/mol. The molecule has 112 valence electrons. The summed E-state index contributed by atoms with van der Waals surface area (Å²) in [6.45, 7) is 2.68. The number of likely N-dealkylation sites (N-methyl/N-ethyl adjacent to an activating group) is 1. The molecule has 4 nitrogen and oxygen atoms in total. The molecule has 1 aliphatic rings. The van der Waals surface area contributed by atoms with Crippen LogP contribution in [0, 0.1) is 0 Å². The third-order valence-electron chi connectivity index (χ3n) is 3.26. The van der Waals surface area contributed by atoms with Crippen molar-refractivity contribution < 1.29 is 21.6 Å². The Balaban J connectivity index is 2.49. The first-order chi connectivity index (χ1) is 9.28. The first kappa shape index (κ1) is 15.3. The van der Waals surface area contributed by atoms with Crippen molar-refractivity contribution in [2.24, 2.45) is 0 Å². The number of hydrogen-bond donors (Lipinski definition) is 1. The van der Waals surface area contributed by atoms with Crippen molar-refractivity contribution in [3.63, 3.8) is 0 Å². The average Bonchev–Trinajstić information content (AvgIpc) is 2.32. The molecule has 1 saturated heterocycles. The maximum Gasteiger partial charge on any atom is 0.417 e. The summed E-state index contributed by atoms with van der Waals surface area (Å²) < 4.78 is 64.9. The van der Waals surface area contributed by atoms with E-state index in [4.69, 9.17) is 0 Å². The molecule has 0 aliphatic carbocycles. The number of rotatable bonds is 4. The zero-order valence-corrected chi connectivity index (χ0v) is 11.6. The van der Waals surface area contributed by atoms with Gasteiger partial charge in [0, 0.05) is 25.7 Å². The van der Waals surface area contributed by atoms with Crippen molar-refractivity contribution in [2.75, 3.05) is 19.6 Å². The Morgan fingerprint density at radius 3 is 2.35 bits per heavy atom. The molecule has 0 radical (unpaired) electrons. The molecule has 0 spiro atoms. The Morgan fingerprint density at radius 2 is 1.90 bits per heavy atom. The minimum atomic E-state index is -4.69. The van der Waals surface area contributed by atoms with Gasteiger partial charge in [0.15, 0.2) is 0 Å². The second kappa shape index (κ2) is 5.34. The summed E-state index contributed by atoms with van der Waals surface area (Å²) in [5.41, 5.74) is -1.12. The van der Waals surface area contributed by atoms with Crippen LogP contribution in [0.3, 0.4) is 0 Å². The zero-order valence-electron chi connectivity index (χ0n) is 10.8. The maximum absolute atomic E-state index is 12.9. The molecule has 20 heavy (non-hydrogen) atoms. The van der Waals surface area contributed by atoms with Gasteiger partial charge in [-0.1, -0.05) is 19.1 Å². The number of halogens is 3. The van der Waals surface area contributed by atoms with Gasteiger partial charge in [-0.05, 0) is 12.1 Å². The van der Waals surface area contributed by atoms with E-state index in [9.17, 15) is 21.6 Å². The summed E-state index contributed by atoms with van der Waals surface area (Å²) in [7, 11) is -4.15. The number of hydrogen-bond acceptors (Lipinski definition) is 3. The lowest BCUT2D eigenvalue weighted by atomic mass is 10.2. The molecule has 1 N–H and O–H groups in total. The molecule has 0 saturated carbocycles. The normalized spacial score (nSPS) is 17.2. The summed E-state index contributed by atoms with van der Waals surface area (Å²) in [6.07, 6.45) is -4.69. The van der Waals surface area contributed by atoms with Gasteiger partial charge >= 0.3 is 6.18 Å². The Bertz CT molecular complexity index is 583. The molecule has 1 aromatic carbocycles. The molecule has 0 aromatic heterocycles. The number of sulfonamides is 1. The number of nitrogens with zero attached hydrogens (tertiary/aromatic N) is 1. The van der Waals surface area contributed by atoms with Crippen molar-refractivity contribution in [2.45, 2.75) is 24.0 Å². The molecule has 2 rings (SSSR count). The third kappa shape index (κ3) is 2.68. The van der Waals surface area contributed by atoms with Gasteiger partial charge in [-0.25, -0.2) is 8.42 Å². The van der Waals surface area contributed by atoms with Crippen molar-refractivity contribution in [3.8, 4) is 0 Å². The Kier molecular flexibility index (Phi) is 4.08. The number of benzene rings is 1. The van der Waals surface area contributed by atoms with Crippen LogP contribution < -0.4 is 5.32 Å². The number of nitrogens with one attached hydrogen (secondary N) is 1. The van der Waals surface area contributed by atoms with Gasteiger partial charge in [0.2, 0.25) is 10.0 Å². The molecule has 0 bridgehead atoms. The van der Waals surface area contributed by atoms with Crippen LogP contribution in [0.2, 0.25) is 0 Å². The topological polar surface area (TPSA) is 49.4 Å². The molecule has 1 aromatic rings. The molecule has 8 heteroatoms. The molecule has 1 aliphatic heterocycles. The minimum absolute atomic E-state index is 0.140. The van der Waals surface area contributed by atoms with E-state index in [1.807, 2.05) is 0 Å². The van der Waals surface area contributed by atoms with E-state index in [0.717, 1.165) is 16.4 Å². The van der Waals surface area contributed by atoms with Crippen LogP contribution in [0.5, 0.6) is 0 Å².